The van der Waals surface area contributed by atoms with Gasteiger partial charge in [-0.25, -0.2) is 13.2 Å². The van der Waals surface area contributed by atoms with Gasteiger partial charge in [-0.15, -0.1) is 11.8 Å². The molecule has 0 atom stereocenters. The minimum absolute atomic E-state index is 0.140. The molecule has 0 aliphatic carbocycles. The molecule has 0 radical (unpaired) electrons. The van der Waals surface area contributed by atoms with Crippen molar-refractivity contribution in [2.75, 3.05) is 37.8 Å². The third-order valence-electron chi connectivity index (χ3n) is 4.82. The topological polar surface area (TPSA) is 108 Å². The normalized spacial score (nSPS) is 15.2. The lowest BCUT2D eigenvalue weighted by atomic mass is 9.93. The summed E-state index contributed by atoms with van der Waals surface area (Å²) in [6.45, 7) is -0.950. The van der Waals surface area contributed by atoms with Crippen molar-refractivity contribution in [1.29, 1.82) is 0 Å². The average Bonchev–Trinajstić information content (AvgIpc) is 2.73. The summed E-state index contributed by atoms with van der Waals surface area (Å²) >= 11 is 2.98. The number of anilines is 2. The molecular formula is C20H18F3IN4O4S. The van der Waals surface area contributed by atoms with Gasteiger partial charge in [0.25, 0.3) is 12.5 Å². The number of nitrogens with zero attached hydrogens (tertiary/aromatic N) is 3. The van der Waals surface area contributed by atoms with E-state index in [9.17, 15) is 33.2 Å². The zero-order chi connectivity index (χ0) is 24.3. The van der Waals surface area contributed by atoms with Gasteiger partial charge in [0.15, 0.2) is 11.6 Å². The van der Waals surface area contributed by atoms with Crippen molar-refractivity contribution >= 4 is 56.7 Å². The molecule has 2 aromatic carbocycles. The molecule has 1 amide bonds. The molecule has 33 heavy (non-hydrogen) atoms. The van der Waals surface area contributed by atoms with E-state index < -0.39 is 46.1 Å². The molecule has 8 nitrogen and oxygen atoms in total. The second kappa shape index (κ2) is 10.3. The monoisotopic (exact) mass is 594 g/mol. The van der Waals surface area contributed by atoms with E-state index in [1.54, 1.807) is 12.3 Å². The molecule has 0 unspecified atom stereocenters. The SMILES string of the molecule is CSC(C[N+](=O)[O-])=NCC1(O)CN(C(=O)c2ccc(F)c(F)c2Nc2ccc(I)cc2F)C1. The van der Waals surface area contributed by atoms with E-state index in [1.807, 2.05) is 22.6 Å². The second-order valence-corrected chi connectivity index (χ2v) is 9.45. The number of benzene rings is 2. The third kappa shape index (κ3) is 5.95. The van der Waals surface area contributed by atoms with Gasteiger partial charge in [-0.3, -0.25) is 19.9 Å². The van der Waals surface area contributed by atoms with Crippen LogP contribution in [0.5, 0.6) is 0 Å². The number of rotatable bonds is 7. The van der Waals surface area contributed by atoms with Gasteiger partial charge < -0.3 is 15.3 Å². The lowest BCUT2D eigenvalue weighted by Crippen LogP contribution is -2.65. The van der Waals surface area contributed by atoms with Crippen LogP contribution in [-0.2, 0) is 0 Å². The van der Waals surface area contributed by atoms with Crippen LogP contribution in [0.1, 0.15) is 10.4 Å². The Bertz CT molecular complexity index is 1130. The molecule has 3 rings (SSSR count). The van der Waals surface area contributed by atoms with Crippen molar-refractivity contribution in [3.05, 3.63) is 67.0 Å². The van der Waals surface area contributed by atoms with Gasteiger partial charge >= 0.3 is 0 Å². The number of aliphatic hydroxyl groups is 1. The van der Waals surface area contributed by atoms with Crippen LogP contribution in [0.4, 0.5) is 24.5 Å². The molecule has 176 valence electrons. The summed E-state index contributed by atoms with van der Waals surface area (Å²) < 4.78 is 43.2. The molecule has 0 aromatic heterocycles. The van der Waals surface area contributed by atoms with Gasteiger partial charge in [0, 0.05) is 8.49 Å². The standard InChI is InChI=1S/C20H18F3IN4O4S/c1-33-16(7-28(31)32)25-8-20(30)9-27(10-20)19(29)12-3-4-13(21)17(23)18(12)26-15-5-2-11(24)6-14(15)22/h2-6,26,30H,7-10H2,1H3. The Kier molecular flexibility index (Phi) is 7.84. The van der Waals surface area contributed by atoms with Crippen LogP contribution >= 0.6 is 34.4 Å². The number of β-amino-alcohol motifs (C(OH)–C–C–N with tert-alkyl or cyclic N) is 1. The third-order valence-corrected chi connectivity index (χ3v) is 6.22. The lowest BCUT2D eigenvalue weighted by Gasteiger charge is -2.45. The van der Waals surface area contributed by atoms with E-state index >= 15 is 0 Å². The summed E-state index contributed by atoms with van der Waals surface area (Å²) in [4.78, 5) is 28.3. The number of aliphatic imine (C=N–C) groups is 1. The summed E-state index contributed by atoms with van der Waals surface area (Å²) in [5, 5.41) is 23.9. The highest BCUT2D eigenvalue weighted by molar-refractivity contribution is 14.1. The molecule has 1 saturated heterocycles. The number of hydrogen-bond acceptors (Lipinski definition) is 7. The maximum absolute atomic E-state index is 14.6. The number of likely N-dealkylation sites (tertiary alicyclic amines) is 1. The van der Waals surface area contributed by atoms with E-state index in [0.717, 1.165) is 23.9 Å². The number of amides is 1. The summed E-state index contributed by atoms with van der Waals surface area (Å²) in [5.74, 6) is -3.97. The van der Waals surface area contributed by atoms with Crippen molar-refractivity contribution in [3.8, 4) is 0 Å². The number of carbonyl (C=O) groups is 1. The minimum Gasteiger partial charge on any atom is -0.384 e. The zero-order valence-electron chi connectivity index (χ0n) is 17.1. The Morgan fingerprint density at radius 3 is 2.61 bits per heavy atom. The van der Waals surface area contributed by atoms with Crippen LogP contribution in [0.3, 0.4) is 0 Å². The molecule has 0 bridgehead atoms. The lowest BCUT2D eigenvalue weighted by molar-refractivity contribution is -0.462. The Balaban J connectivity index is 1.78. The van der Waals surface area contributed by atoms with Crippen molar-refractivity contribution < 1.29 is 28.0 Å². The molecule has 1 aliphatic heterocycles. The highest BCUT2D eigenvalue weighted by Gasteiger charge is 2.44. The maximum Gasteiger partial charge on any atom is 0.256 e. The summed E-state index contributed by atoms with van der Waals surface area (Å²) in [6, 6.07) is 5.95. The van der Waals surface area contributed by atoms with Gasteiger partial charge in [0.1, 0.15) is 16.5 Å². The number of nitrogens with one attached hydrogen (secondary N) is 1. The first-order valence-electron chi connectivity index (χ1n) is 9.44. The first kappa shape index (κ1) is 25.2. The largest absolute Gasteiger partial charge is 0.384 e. The van der Waals surface area contributed by atoms with Crippen molar-refractivity contribution in [2.45, 2.75) is 5.60 Å². The van der Waals surface area contributed by atoms with Gasteiger partial charge in [0.2, 0.25) is 0 Å². The van der Waals surface area contributed by atoms with Gasteiger partial charge in [-0.05, 0) is 59.2 Å². The fourth-order valence-electron chi connectivity index (χ4n) is 3.18. The first-order valence-corrected chi connectivity index (χ1v) is 11.7. The number of hydrogen-bond donors (Lipinski definition) is 2. The molecular weight excluding hydrogens is 576 g/mol. The van der Waals surface area contributed by atoms with Crippen LogP contribution < -0.4 is 5.32 Å². The number of thioether (sulfide) groups is 1. The average molecular weight is 594 g/mol. The Labute approximate surface area is 204 Å². The minimum atomic E-state index is -1.40. The molecule has 2 N–H and O–H groups in total. The van der Waals surface area contributed by atoms with Crippen molar-refractivity contribution in [3.63, 3.8) is 0 Å². The summed E-state index contributed by atoms with van der Waals surface area (Å²) in [7, 11) is 0. The van der Waals surface area contributed by atoms with Crippen LogP contribution in [-0.4, -0.2) is 63.9 Å². The number of carbonyl (C=O) groups excluding carboxylic acids is 1. The fraction of sp³-hybridized carbons (Fsp3) is 0.300. The van der Waals surface area contributed by atoms with Crippen molar-refractivity contribution in [2.24, 2.45) is 4.99 Å². The van der Waals surface area contributed by atoms with E-state index in [1.165, 1.54) is 17.0 Å². The molecule has 1 aliphatic rings. The van der Waals surface area contributed by atoms with Crippen molar-refractivity contribution in [1.82, 2.24) is 4.90 Å². The highest BCUT2D eigenvalue weighted by Crippen LogP contribution is 2.32. The Hall–Kier alpha value is -2.39. The first-order chi connectivity index (χ1) is 15.5. The van der Waals surface area contributed by atoms with Gasteiger partial charge in [-0.1, -0.05) is 0 Å². The van der Waals surface area contributed by atoms with Gasteiger partial charge in [-0.2, -0.15) is 0 Å². The Morgan fingerprint density at radius 2 is 2.00 bits per heavy atom. The van der Waals surface area contributed by atoms with E-state index in [4.69, 9.17) is 0 Å². The Morgan fingerprint density at radius 1 is 1.30 bits per heavy atom. The van der Waals surface area contributed by atoms with Crippen LogP contribution in [0.25, 0.3) is 0 Å². The van der Waals surface area contributed by atoms with E-state index in [0.29, 0.717) is 3.57 Å². The zero-order valence-corrected chi connectivity index (χ0v) is 20.1. The predicted molar refractivity (Wildman–Crippen MR) is 127 cm³/mol. The quantitative estimate of drug-likeness (QED) is 0.167. The second-order valence-electron chi connectivity index (χ2n) is 7.32. The summed E-state index contributed by atoms with van der Waals surface area (Å²) in [5.41, 5.74) is -2.31. The smallest absolute Gasteiger partial charge is 0.256 e. The van der Waals surface area contributed by atoms with E-state index in [-0.39, 0.29) is 35.9 Å². The molecule has 1 fully saturated rings. The molecule has 13 heteroatoms. The maximum atomic E-state index is 14.6. The number of halogens is 4. The van der Waals surface area contributed by atoms with Crippen LogP contribution in [0, 0.1) is 31.1 Å². The summed E-state index contributed by atoms with van der Waals surface area (Å²) in [6.07, 6.45) is 1.62. The predicted octanol–water partition coefficient (Wildman–Crippen LogP) is 3.68. The molecule has 0 saturated carbocycles. The van der Waals surface area contributed by atoms with Crippen LogP contribution in [0.2, 0.25) is 0 Å². The molecule has 2 aromatic rings. The number of nitro groups is 1. The fourth-order valence-corrected chi connectivity index (χ4v) is 4.06. The van der Waals surface area contributed by atoms with Crippen LogP contribution in [0.15, 0.2) is 35.3 Å². The highest BCUT2D eigenvalue weighted by atomic mass is 127. The molecule has 1 heterocycles. The van der Waals surface area contributed by atoms with Gasteiger partial charge in [0.05, 0.1) is 36.6 Å². The van der Waals surface area contributed by atoms with E-state index in [2.05, 4.69) is 10.3 Å². The molecule has 0 spiro atoms.